The summed E-state index contributed by atoms with van der Waals surface area (Å²) < 4.78 is 1.36. The van der Waals surface area contributed by atoms with Crippen molar-refractivity contribution < 1.29 is 4.79 Å². The largest absolute Gasteiger partial charge is 0.323 e. The van der Waals surface area contributed by atoms with Crippen LogP contribution in [0.15, 0.2) is 44.1 Å². The molecule has 0 fully saturated rings. The van der Waals surface area contributed by atoms with Crippen molar-refractivity contribution in [1.29, 1.82) is 0 Å². The molecule has 0 radical (unpaired) electrons. The molecule has 0 saturated carbocycles. The van der Waals surface area contributed by atoms with Crippen LogP contribution in [0.3, 0.4) is 0 Å². The monoisotopic (exact) mass is 428 g/mol. The first kappa shape index (κ1) is 14.6. The molecule has 3 rings (SSSR count). The first-order valence-corrected chi connectivity index (χ1v) is 7.83. The number of fused-ring (bicyclic) bond motifs is 1. The number of benzene rings is 2. The number of aromatic nitrogens is 2. The van der Waals surface area contributed by atoms with Crippen LogP contribution in [0.25, 0.3) is 11.0 Å². The Morgan fingerprint density at radius 1 is 1.00 bits per heavy atom. The fourth-order valence-electron chi connectivity index (χ4n) is 2.05. The van der Waals surface area contributed by atoms with Crippen molar-refractivity contribution in [1.82, 2.24) is 9.97 Å². The molecule has 2 aromatic carbocycles. The lowest BCUT2D eigenvalue weighted by molar-refractivity contribution is 0.103. The summed E-state index contributed by atoms with van der Waals surface area (Å²) in [6, 6.07) is 8.40. The van der Waals surface area contributed by atoms with Gasteiger partial charge in [0.2, 0.25) is 0 Å². The molecule has 0 bridgehead atoms. The molecule has 3 aromatic rings. The Bertz CT molecular complexity index is 930. The number of nitrogens with one attached hydrogen (secondary N) is 2. The average molecular weight is 430 g/mol. The zero-order chi connectivity index (χ0) is 15.1. The van der Waals surface area contributed by atoms with Crippen LogP contribution < -0.4 is 5.69 Å². The Morgan fingerprint density at radius 3 is 2.38 bits per heavy atom. The number of carbonyl (C=O) groups excluding carboxylic acids is 1. The molecule has 0 aliphatic heterocycles. The van der Waals surface area contributed by atoms with E-state index in [0.717, 1.165) is 4.47 Å². The van der Waals surface area contributed by atoms with Crippen molar-refractivity contribution in [3.8, 4) is 0 Å². The van der Waals surface area contributed by atoms with Gasteiger partial charge in [0.05, 0.1) is 16.1 Å². The highest BCUT2D eigenvalue weighted by Gasteiger charge is 2.17. The van der Waals surface area contributed by atoms with E-state index in [-0.39, 0.29) is 11.5 Å². The Balaban J connectivity index is 2.19. The Labute approximate surface area is 140 Å². The van der Waals surface area contributed by atoms with E-state index in [1.807, 2.05) is 0 Å². The zero-order valence-electron chi connectivity index (χ0n) is 10.3. The minimum atomic E-state index is -0.318. The number of H-pyrrole nitrogens is 2. The number of ketones is 1. The molecule has 0 spiro atoms. The number of rotatable bonds is 2. The van der Waals surface area contributed by atoms with E-state index < -0.39 is 0 Å². The number of carbonyl (C=O) groups is 1. The second-order valence-corrected chi connectivity index (χ2v) is 6.59. The predicted molar refractivity (Wildman–Crippen MR) is 89.2 cm³/mol. The maximum absolute atomic E-state index is 12.7. The molecule has 4 nitrogen and oxygen atoms in total. The number of hydrogen-bond acceptors (Lipinski definition) is 2. The van der Waals surface area contributed by atoms with Crippen LogP contribution in [0.1, 0.15) is 15.9 Å². The van der Waals surface area contributed by atoms with Crippen molar-refractivity contribution >= 4 is 60.3 Å². The van der Waals surface area contributed by atoms with Crippen molar-refractivity contribution in [2.75, 3.05) is 0 Å². The van der Waals surface area contributed by atoms with Gasteiger partial charge in [-0.1, -0.05) is 27.5 Å². The normalized spacial score (nSPS) is 11.0. The molecule has 0 aliphatic carbocycles. The summed E-state index contributed by atoms with van der Waals surface area (Å²) in [5.41, 5.74) is 1.70. The number of halogens is 3. The van der Waals surface area contributed by atoms with Crippen molar-refractivity contribution in [3.05, 3.63) is 65.9 Å². The van der Waals surface area contributed by atoms with E-state index >= 15 is 0 Å². The molecule has 106 valence electrons. The first-order chi connectivity index (χ1) is 9.95. The molecular formula is C14H7Br2ClN2O2. The van der Waals surface area contributed by atoms with Crippen LogP contribution in [0.4, 0.5) is 0 Å². The fraction of sp³-hybridized carbons (Fsp3) is 0. The summed E-state index contributed by atoms with van der Waals surface area (Å²) in [6.45, 7) is 0. The number of imidazole rings is 1. The van der Waals surface area contributed by atoms with E-state index in [2.05, 4.69) is 41.8 Å². The van der Waals surface area contributed by atoms with E-state index in [1.165, 1.54) is 0 Å². The molecule has 0 atom stereocenters. The van der Waals surface area contributed by atoms with E-state index in [1.54, 1.807) is 30.3 Å². The second-order valence-electron chi connectivity index (χ2n) is 4.41. The highest BCUT2D eigenvalue weighted by Crippen LogP contribution is 2.28. The lowest BCUT2D eigenvalue weighted by Crippen LogP contribution is -2.03. The summed E-state index contributed by atoms with van der Waals surface area (Å²) in [5, 5.41) is 0.373. The highest BCUT2D eigenvalue weighted by molar-refractivity contribution is 9.10. The zero-order valence-corrected chi connectivity index (χ0v) is 14.3. The molecule has 2 N–H and O–H groups in total. The minimum Gasteiger partial charge on any atom is -0.306 e. The van der Waals surface area contributed by atoms with Gasteiger partial charge in [0.1, 0.15) is 0 Å². The summed E-state index contributed by atoms with van der Waals surface area (Å²) in [4.78, 5) is 29.2. The molecule has 0 unspecified atom stereocenters. The maximum atomic E-state index is 12.7. The third-order valence-corrected chi connectivity index (χ3v) is 4.50. The van der Waals surface area contributed by atoms with Crippen LogP contribution in [0.5, 0.6) is 0 Å². The number of hydrogen-bond donors (Lipinski definition) is 2. The van der Waals surface area contributed by atoms with Gasteiger partial charge in [-0.05, 0) is 46.3 Å². The van der Waals surface area contributed by atoms with Crippen molar-refractivity contribution in [3.63, 3.8) is 0 Å². The van der Waals surface area contributed by atoms with Gasteiger partial charge in [0.25, 0.3) is 0 Å². The summed E-state index contributed by atoms with van der Waals surface area (Å²) in [7, 11) is 0. The second kappa shape index (κ2) is 5.44. The van der Waals surface area contributed by atoms with Gasteiger partial charge < -0.3 is 9.97 Å². The number of aromatic amines is 2. The SMILES string of the molecule is O=C(c1cc(Br)ccc1Cl)c1cc2[nH]c(=O)[nH]c2cc1Br. The van der Waals surface area contributed by atoms with Crippen LogP contribution in [-0.2, 0) is 0 Å². The highest BCUT2D eigenvalue weighted by atomic mass is 79.9. The minimum absolute atomic E-state index is 0.225. The molecule has 1 heterocycles. The molecule has 0 aliphatic rings. The van der Waals surface area contributed by atoms with Crippen molar-refractivity contribution in [2.45, 2.75) is 0 Å². The van der Waals surface area contributed by atoms with Gasteiger partial charge in [-0.2, -0.15) is 0 Å². The molecular weight excluding hydrogens is 423 g/mol. The molecule has 0 saturated heterocycles. The maximum Gasteiger partial charge on any atom is 0.323 e. The summed E-state index contributed by atoms with van der Waals surface area (Å²) in [6.07, 6.45) is 0. The smallest absolute Gasteiger partial charge is 0.306 e. The van der Waals surface area contributed by atoms with Gasteiger partial charge in [0.15, 0.2) is 5.78 Å². The lowest BCUT2D eigenvalue weighted by atomic mass is 10.0. The van der Waals surface area contributed by atoms with Gasteiger partial charge in [-0.25, -0.2) is 4.79 Å². The van der Waals surface area contributed by atoms with Crippen LogP contribution in [0.2, 0.25) is 5.02 Å². The van der Waals surface area contributed by atoms with Gasteiger partial charge in [-0.15, -0.1) is 0 Å². The van der Waals surface area contributed by atoms with E-state index in [4.69, 9.17) is 11.6 Å². The first-order valence-electron chi connectivity index (χ1n) is 5.87. The topological polar surface area (TPSA) is 65.7 Å². The van der Waals surface area contributed by atoms with Crippen LogP contribution in [0, 0.1) is 0 Å². The third kappa shape index (κ3) is 2.71. The standard InChI is InChI=1S/C14H7Br2ClN2O2/c15-6-1-2-10(17)8(3-6)13(20)7-4-11-12(5-9(7)16)19-14(21)18-11/h1-5H,(H2,18,19,21). The Kier molecular flexibility index (Phi) is 3.77. The lowest BCUT2D eigenvalue weighted by Gasteiger charge is -2.07. The Morgan fingerprint density at radius 2 is 1.67 bits per heavy atom. The van der Waals surface area contributed by atoms with Gasteiger partial charge in [0, 0.05) is 20.1 Å². The predicted octanol–water partition coefficient (Wildman–Crippen LogP) is 4.27. The Hall–Kier alpha value is -1.37. The molecule has 7 heteroatoms. The third-order valence-electron chi connectivity index (χ3n) is 3.02. The van der Waals surface area contributed by atoms with Gasteiger partial charge in [-0.3, -0.25) is 4.79 Å². The van der Waals surface area contributed by atoms with E-state index in [9.17, 15) is 9.59 Å². The van der Waals surface area contributed by atoms with E-state index in [0.29, 0.717) is 31.7 Å². The van der Waals surface area contributed by atoms with Crippen LogP contribution >= 0.6 is 43.5 Å². The fourth-order valence-corrected chi connectivity index (χ4v) is 3.13. The summed E-state index contributed by atoms with van der Waals surface area (Å²) in [5.74, 6) is -0.225. The van der Waals surface area contributed by atoms with Crippen LogP contribution in [-0.4, -0.2) is 15.8 Å². The molecule has 21 heavy (non-hydrogen) atoms. The summed E-state index contributed by atoms with van der Waals surface area (Å²) >= 11 is 12.8. The van der Waals surface area contributed by atoms with Gasteiger partial charge >= 0.3 is 5.69 Å². The molecule has 1 aromatic heterocycles. The quantitative estimate of drug-likeness (QED) is 0.597. The van der Waals surface area contributed by atoms with Crippen molar-refractivity contribution in [2.24, 2.45) is 0 Å². The average Bonchev–Trinajstić information content (AvgIpc) is 2.79. The molecule has 0 amide bonds.